The highest BCUT2D eigenvalue weighted by atomic mass is 16.5. The summed E-state index contributed by atoms with van der Waals surface area (Å²) in [6.45, 7) is 3.07. The van der Waals surface area contributed by atoms with E-state index in [0.717, 1.165) is 17.7 Å². The lowest BCUT2D eigenvalue weighted by Gasteiger charge is -2.17. The van der Waals surface area contributed by atoms with Crippen molar-refractivity contribution in [3.8, 4) is 5.75 Å². The van der Waals surface area contributed by atoms with Crippen molar-refractivity contribution in [2.24, 2.45) is 5.73 Å². The predicted octanol–water partition coefficient (Wildman–Crippen LogP) is 3.26. The first-order valence-electron chi connectivity index (χ1n) is 7.85. The van der Waals surface area contributed by atoms with E-state index in [-0.39, 0.29) is 18.4 Å². The van der Waals surface area contributed by atoms with Gasteiger partial charge in [0.25, 0.3) is 0 Å². The molecule has 0 saturated carbocycles. The number of carbonyl (C=O) groups is 1. The Hall–Kier alpha value is -2.33. The Labute approximate surface area is 137 Å². The molecular formula is C19H23NO3. The number of nitrogens with two attached hydrogens (primary N) is 1. The SMILES string of the molecule is CCC(OCCOc1cccc(CC(N)=O)c1)c1ccccc1. The molecule has 0 saturated heterocycles. The van der Waals surface area contributed by atoms with Crippen LogP contribution in [0.5, 0.6) is 5.75 Å². The molecule has 1 amide bonds. The van der Waals surface area contributed by atoms with Crippen molar-refractivity contribution in [1.29, 1.82) is 0 Å². The van der Waals surface area contributed by atoms with Gasteiger partial charge in [0.15, 0.2) is 0 Å². The van der Waals surface area contributed by atoms with Crippen molar-refractivity contribution >= 4 is 5.91 Å². The molecule has 0 aromatic heterocycles. The Morgan fingerprint density at radius 3 is 2.57 bits per heavy atom. The zero-order valence-electron chi connectivity index (χ0n) is 13.4. The van der Waals surface area contributed by atoms with Gasteiger partial charge in [0.05, 0.1) is 19.1 Å². The van der Waals surface area contributed by atoms with Crippen molar-refractivity contribution in [3.05, 3.63) is 65.7 Å². The third-order valence-corrected chi connectivity index (χ3v) is 3.49. The van der Waals surface area contributed by atoms with Gasteiger partial charge in [-0.2, -0.15) is 0 Å². The van der Waals surface area contributed by atoms with Crippen LogP contribution in [0.4, 0.5) is 0 Å². The second-order valence-electron chi connectivity index (χ2n) is 5.32. The number of hydrogen-bond acceptors (Lipinski definition) is 3. The van der Waals surface area contributed by atoms with Gasteiger partial charge in [0.2, 0.25) is 5.91 Å². The Bertz CT molecular complexity index is 613. The molecule has 0 aliphatic carbocycles. The van der Waals surface area contributed by atoms with E-state index in [1.807, 2.05) is 42.5 Å². The summed E-state index contributed by atoms with van der Waals surface area (Å²) in [6.07, 6.45) is 1.22. The minimum absolute atomic E-state index is 0.0843. The van der Waals surface area contributed by atoms with Gasteiger partial charge in [-0.05, 0) is 29.7 Å². The van der Waals surface area contributed by atoms with Crippen molar-refractivity contribution < 1.29 is 14.3 Å². The topological polar surface area (TPSA) is 61.6 Å². The molecule has 122 valence electrons. The molecule has 2 aromatic carbocycles. The van der Waals surface area contributed by atoms with Crippen LogP contribution in [0.15, 0.2) is 54.6 Å². The molecule has 0 heterocycles. The Morgan fingerprint density at radius 1 is 1.09 bits per heavy atom. The highest BCUT2D eigenvalue weighted by Crippen LogP contribution is 2.20. The number of hydrogen-bond donors (Lipinski definition) is 1. The minimum Gasteiger partial charge on any atom is -0.491 e. The second-order valence-corrected chi connectivity index (χ2v) is 5.32. The van der Waals surface area contributed by atoms with Crippen LogP contribution in [0.2, 0.25) is 0 Å². The number of ether oxygens (including phenoxy) is 2. The molecule has 4 nitrogen and oxygen atoms in total. The monoisotopic (exact) mass is 313 g/mol. The number of carbonyl (C=O) groups excluding carboxylic acids is 1. The number of primary amides is 1. The molecule has 23 heavy (non-hydrogen) atoms. The van der Waals surface area contributed by atoms with Crippen molar-refractivity contribution in [2.75, 3.05) is 13.2 Å². The normalized spacial score (nSPS) is 11.9. The summed E-state index contributed by atoms with van der Waals surface area (Å²) in [5.74, 6) is 0.374. The van der Waals surface area contributed by atoms with Gasteiger partial charge in [0, 0.05) is 0 Å². The van der Waals surface area contributed by atoms with Crippen LogP contribution in [0.25, 0.3) is 0 Å². The van der Waals surface area contributed by atoms with Crippen LogP contribution < -0.4 is 10.5 Å². The van der Waals surface area contributed by atoms with Crippen LogP contribution in [-0.4, -0.2) is 19.1 Å². The summed E-state index contributed by atoms with van der Waals surface area (Å²) in [5.41, 5.74) is 7.23. The highest BCUT2D eigenvalue weighted by molar-refractivity contribution is 5.76. The van der Waals surface area contributed by atoms with Crippen molar-refractivity contribution in [3.63, 3.8) is 0 Å². The van der Waals surface area contributed by atoms with E-state index in [1.54, 1.807) is 0 Å². The molecule has 4 heteroatoms. The molecule has 0 fully saturated rings. The molecule has 0 aliphatic heterocycles. The van der Waals surface area contributed by atoms with Crippen LogP contribution in [-0.2, 0) is 16.0 Å². The first-order chi connectivity index (χ1) is 11.2. The third kappa shape index (κ3) is 5.75. The highest BCUT2D eigenvalue weighted by Gasteiger charge is 2.09. The summed E-state index contributed by atoms with van der Waals surface area (Å²) >= 11 is 0. The second kappa shape index (κ2) is 8.96. The van der Waals surface area contributed by atoms with E-state index in [9.17, 15) is 4.79 Å². The summed E-state index contributed by atoms with van der Waals surface area (Å²) in [4.78, 5) is 10.9. The van der Waals surface area contributed by atoms with E-state index in [2.05, 4.69) is 19.1 Å². The minimum atomic E-state index is -0.348. The van der Waals surface area contributed by atoms with E-state index in [1.165, 1.54) is 5.56 Å². The Morgan fingerprint density at radius 2 is 1.87 bits per heavy atom. The molecule has 2 rings (SSSR count). The molecule has 0 radical (unpaired) electrons. The fourth-order valence-corrected chi connectivity index (χ4v) is 2.41. The van der Waals surface area contributed by atoms with Gasteiger partial charge >= 0.3 is 0 Å². The summed E-state index contributed by atoms with van der Waals surface area (Å²) in [5, 5.41) is 0. The van der Waals surface area contributed by atoms with Gasteiger partial charge in [-0.15, -0.1) is 0 Å². The standard InChI is InChI=1S/C19H23NO3/c1-2-18(16-8-4-3-5-9-16)23-12-11-22-17-10-6-7-15(13-17)14-19(20)21/h3-10,13,18H,2,11-12,14H2,1H3,(H2,20,21). The average molecular weight is 313 g/mol. The van der Waals surface area contributed by atoms with Gasteiger partial charge in [-0.1, -0.05) is 49.4 Å². The first-order valence-corrected chi connectivity index (χ1v) is 7.85. The number of amides is 1. The van der Waals surface area contributed by atoms with Crippen molar-refractivity contribution in [1.82, 2.24) is 0 Å². The van der Waals surface area contributed by atoms with E-state index in [4.69, 9.17) is 15.2 Å². The summed E-state index contributed by atoms with van der Waals surface area (Å²) < 4.78 is 11.6. The summed E-state index contributed by atoms with van der Waals surface area (Å²) in [7, 11) is 0. The molecule has 2 N–H and O–H groups in total. The number of rotatable bonds is 9. The Kier molecular flexibility index (Phi) is 6.63. The van der Waals surface area contributed by atoms with Crippen molar-refractivity contribution in [2.45, 2.75) is 25.9 Å². The van der Waals surface area contributed by atoms with E-state index in [0.29, 0.717) is 13.2 Å². The maximum absolute atomic E-state index is 10.9. The van der Waals surface area contributed by atoms with Crippen LogP contribution >= 0.6 is 0 Å². The molecule has 1 atom stereocenters. The quantitative estimate of drug-likeness (QED) is 0.723. The average Bonchev–Trinajstić information content (AvgIpc) is 2.55. The maximum atomic E-state index is 10.9. The van der Waals surface area contributed by atoms with Gasteiger partial charge in [-0.25, -0.2) is 0 Å². The lowest BCUT2D eigenvalue weighted by Crippen LogP contribution is -2.14. The van der Waals surface area contributed by atoms with E-state index < -0.39 is 0 Å². The van der Waals surface area contributed by atoms with Crippen LogP contribution in [0.3, 0.4) is 0 Å². The van der Waals surface area contributed by atoms with Gasteiger partial charge < -0.3 is 15.2 Å². The lowest BCUT2D eigenvalue weighted by molar-refractivity contribution is -0.117. The molecular weight excluding hydrogens is 290 g/mol. The molecule has 1 unspecified atom stereocenters. The van der Waals surface area contributed by atoms with Gasteiger partial charge in [0.1, 0.15) is 12.4 Å². The largest absolute Gasteiger partial charge is 0.491 e. The maximum Gasteiger partial charge on any atom is 0.221 e. The smallest absolute Gasteiger partial charge is 0.221 e. The fraction of sp³-hybridized carbons (Fsp3) is 0.316. The van der Waals surface area contributed by atoms with Crippen LogP contribution in [0, 0.1) is 0 Å². The zero-order chi connectivity index (χ0) is 16.5. The first kappa shape index (κ1) is 17.0. The fourth-order valence-electron chi connectivity index (χ4n) is 2.41. The van der Waals surface area contributed by atoms with E-state index >= 15 is 0 Å². The predicted molar refractivity (Wildman–Crippen MR) is 90.3 cm³/mol. The molecule has 0 spiro atoms. The Balaban J connectivity index is 1.79. The summed E-state index contributed by atoms with van der Waals surface area (Å²) in [6, 6.07) is 17.6. The molecule has 0 aliphatic rings. The van der Waals surface area contributed by atoms with Gasteiger partial charge in [-0.3, -0.25) is 4.79 Å². The molecule has 2 aromatic rings. The number of benzene rings is 2. The lowest BCUT2D eigenvalue weighted by atomic mass is 10.1. The van der Waals surface area contributed by atoms with Crippen LogP contribution in [0.1, 0.15) is 30.6 Å². The zero-order valence-corrected chi connectivity index (χ0v) is 13.4. The molecule has 0 bridgehead atoms. The third-order valence-electron chi connectivity index (χ3n) is 3.49.